The van der Waals surface area contributed by atoms with Gasteiger partial charge >= 0.3 is 0 Å². The van der Waals surface area contributed by atoms with Gasteiger partial charge in [0.2, 0.25) is 0 Å². The van der Waals surface area contributed by atoms with E-state index >= 15 is 0 Å². The van der Waals surface area contributed by atoms with Gasteiger partial charge in [-0.3, -0.25) is 9.59 Å². The molecule has 1 saturated heterocycles. The molecule has 0 aromatic heterocycles. The van der Waals surface area contributed by atoms with Crippen LogP contribution in [0.25, 0.3) is 0 Å². The minimum atomic E-state index is -1.04. The highest BCUT2D eigenvalue weighted by Gasteiger charge is 2.33. The summed E-state index contributed by atoms with van der Waals surface area (Å²) in [7, 11) is 0. The van der Waals surface area contributed by atoms with Crippen molar-refractivity contribution in [2.24, 2.45) is 5.92 Å². The fraction of sp³-hybridized carbons (Fsp3) is 0.444. The number of aromatic hydroxyl groups is 1. The molecule has 4 N–H and O–H groups in total. The van der Waals surface area contributed by atoms with Gasteiger partial charge in [0.05, 0.1) is 12.1 Å². The molecule has 3 aromatic rings. The first-order chi connectivity index (χ1) is 21.6. The topological polar surface area (TPSA) is 102 Å². The first kappa shape index (κ1) is 34.1. The number of piperidine rings is 1. The molecule has 9 heteroatoms. The van der Waals surface area contributed by atoms with Gasteiger partial charge in [-0.2, -0.15) is 0 Å². The van der Waals surface area contributed by atoms with Crippen LogP contribution in [0.2, 0.25) is 0 Å². The fourth-order valence-electron chi connectivity index (χ4n) is 6.22. The Hall–Kier alpha value is -3.82. The minimum absolute atomic E-state index is 0.0123. The summed E-state index contributed by atoms with van der Waals surface area (Å²) in [6, 6.07) is 14.2. The number of phenols is 1. The van der Waals surface area contributed by atoms with Crippen LogP contribution in [-0.2, 0) is 12.8 Å². The third kappa shape index (κ3) is 9.58. The van der Waals surface area contributed by atoms with Crippen molar-refractivity contribution in [3.63, 3.8) is 0 Å². The number of nitrogens with one attached hydrogen (secondary N) is 2. The lowest BCUT2D eigenvalue weighted by Crippen LogP contribution is -2.56. The number of carbonyl (C=O) groups is 2. The first-order valence-corrected chi connectivity index (χ1v) is 15.9. The number of aliphatic hydroxyl groups excluding tert-OH is 1. The Kier molecular flexibility index (Phi) is 12.1. The van der Waals surface area contributed by atoms with Gasteiger partial charge in [0, 0.05) is 36.3 Å². The van der Waals surface area contributed by atoms with E-state index in [1.165, 1.54) is 12.1 Å². The molecule has 4 atom stereocenters. The second kappa shape index (κ2) is 16.0. The summed E-state index contributed by atoms with van der Waals surface area (Å²) in [5.41, 5.74) is 2.81. The molecular formula is C36H45F2N3O4. The number of hydrogen-bond acceptors (Lipinski definition) is 5. The van der Waals surface area contributed by atoms with E-state index in [1.807, 2.05) is 32.9 Å². The van der Waals surface area contributed by atoms with E-state index in [2.05, 4.69) is 10.6 Å². The predicted molar refractivity (Wildman–Crippen MR) is 171 cm³/mol. The molecule has 1 fully saturated rings. The number of halogens is 2. The lowest BCUT2D eigenvalue weighted by molar-refractivity contribution is 0.0595. The van der Waals surface area contributed by atoms with E-state index in [1.54, 1.807) is 35.2 Å². The summed E-state index contributed by atoms with van der Waals surface area (Å²) in [6.45, 7) is 7.55. The maximum atomic E-state index is 14.1. The van der Waals surface area contributed by atoms with E-state index in [9.17, 15) is 28.6 Å². The van der Waals surface area contributed by atoms with Gasteiger partial charge in [0.25, 0.3) is 11.8 Å². The molecule has 4 rings (SSSR count). The lowest BCUT2D eigenvalue weighted by atomic mass is 9.85. The Labute approximate surface area is 264 Å². The number of amides is 2. The van der Waals surface area contributed by atoms with E-state index in [4.69, 9.17) is 0 Å². The van der Waals surface area contributed by atoms with Crippen molar-refractivity contribution in [3.05, 3.63) is 100 Å². The number of benzene rings is 3. The van der Waals surface area contributed by atoms with Gasteiger partial charge in [-0.1, -0.05) is 19.1 Å². The zero-order valence-electron chi connectivity index (χ0n) is 26.4. The zero-order valence-corrected chi connectivity index (χ0v) is 26.4. The highest BCUT2D eigenvalue weighted by molar-refractivity contribution is 6.00. The molecule has 0 saturated carbocycles. The highest BCUT2D eigenvalue weighted by Crippen LogP contribution is 2.24. The monoisotopic (exact) mass is 621 g/mol. The van der Waals surface area contributed by atoms with Gasteiger partial charge in [0.1, 0.15) is 17.4 Å². The molecule has 0 bridgehead atoms. The lowest BCUT2D eigenvalue weighted by Gasteiger charge is -2.36. The van der Waals surface area contributed by atoms with Crippen molar-refractivity contribution < 1.29 is 28.6 Å². The van der Waals surface area contributed by atoms with E-state index in [-0.39, 0.29) is 29.7 Å². The van der Waals surface area contributed by atoms with Crippen molar-refractivity contribution in [1.29, 1.82) is 0 Å². The van der Waals surface area contributed by atoms with Crippen molar-refractivity contribution in [2.75, 3.05) is 19.6 Å². The van der Waals surface area contributed by atoms with Crippen LogP contribution >= 0.6 is 0 Å². The SMILES string of the molecule is CCCN(CC)C(=O)c1cc(C)cc(C(=O)N[C@@H](Cc2cc(F)cc(F)c2)[C@H](O)C2CCC(CCc3cccc(O)c3)CN2)c1. The molecule has 0 radical (unpaired) electrons. The number of aliphatic hydroxyl groups is 1. The maximum Gasteiger partial charge on any atom is 0.253 e. The molecule has 1 aliphatic rings. The van der Waals surface area contributed by atoms with Crippen LogP contribution in [0.15, 0.2) is 60.7 Å². The Balaban J connectivity index is 1.48. The van der Waals surface area contributed by atoms with Gasteiger partial charge in [-0.15, -0.1) is 0 Å². The van der Waals surface area contributed by atoms with Crippen molar-refractivity contribution >= 4 is 11.8 Å². The van der Waals surface area contributed by atoms with Crippen LogP contribution < -0.4 is 10.6 Å². The standard InChI is InChI=1S/C36H45F2N3O4/c1-4-13-41(5-2)36(45)28-15-23(3)14-27(20-28)35(44)40-33(19-26-16-29(37)21-30(38)17-26)34(43)32-12-11-25(22-39-32)10-9-24-7-6-8-31(42)18-24/h6-8,14-18,20-21,25,32-34,39,42-43H,4-5,9-13,19,22H2,1-3H3,(H,40,44)/t25?,32?,33-,34+/m0/s1. The fourth-order valence-corrected chi connectivity index (χ4v) is 6.22. The zero-order chi connectivity index (χ0) is 32.5. The molecule has 2 unspecified atom stereocenters. The number of phenolic OH excluding ortho intramolecular Hbond substituents is 1. The van der Waals surface area contributed by atoms with Crippen molar-refractivity contribution in [3.8, 4) is 5.75 Å². The molecule has 2 amide bonds. The molecule has 3 aromatic carbocycles. The molecule has 0 aliphatic carbocycles. The minimum Gasteiger partial charge on any atom is -0.508 e. The smallest absolute Gasteiger partial charge is 0.253 e. The third-order valence-corrected chi connectivity index (χ3v) is 8.57. The van der Waals surface area contributed by atoms with Crippen molar-refractivity contribution in [1.82, 2.24) is 15.5 Å². The summed E-state index contributed by atoms with van der Waals surface area (Å²) >= 11 is 0. The van der Waals surface area contributed by atoms with Crippen LogP contribution in [0.3, 0.4) is 0 Å². The Morgan fingerprint density at radius 2 is 1.73 bits per heavy atom. The molecule has 45 heavy (non-hydrogen) atoms. The number of rotatable bonds is 13. The number of hydrogen-bond donors (Lipinski definition) is 4. The Morgan fingerprint density at radius 3 is 2.38 bits per heavy atom. The third-order valence-electron chi connectivity index (χ3n) is 8.57. The van der Waals surface area contributed by atoms with Crippen LogP contribution in [0.4, 0.5) is 8.78 Å². The Morgan fingerprint density at radius 1 is 1.00 bits per heavy atom. The molecular weight excluding hydrogens is 576 g/mol. The van der Waals surface area contributed by atoms with Crippen LogP contribution in [0.5, 0.6) is 5.75 Å². The average Bonchev–Trinajstić information content (AvgIpc) is 3.01. The second-order valence-corrected chi connectivity index (χ2v) is 12.2. The van der Waals surface area contributed by atoms with Crippen LogP contribution in [-0.4, -0.2) is 64.7 Å². The number of aryl methyl sites for hydroxylation is 2. The quantitative estimate of drug-likeness (QED) is 0.200. The molecule has 0 spiro atoms. The van der Waals surface area contributed by atoms with Gasteiger partial charge in [-0.05, 0) is 124 Å². The van der Waals surface area contributed by atoms with Gasteiger partial charge in [0.15, 0.2) is 0 Å². The molecule has 242 valence electrons. The molecule has 1 heterocycles. The summed E-state index contributed by atoms with van der Waals surface area (Å²) < 4.78 is 28.2. The molecule has 7 nitrogen and oxygen atoms in total. The summed E-state index contributed by atoms with van der Waals surface area (Å²) in [5.74, 6) is -1.48. The predicted octanol–water partition coefficient (Wildman–Crippen LogP) is 5.55. The van der Waals surface area contributed by atoms with E-state index in [0.717, 1.165) is 42.9 Å². The summed E-state index contributed by atoms with van der Waals surface area (Å²) in [4.78, 5) is 28.5. The summed E-state index contributed by atoms with van der Waals surface area (Å²) in [6.07, 6.45) is 3.04. The van der Waals surface area contributed by atoms with Crippen LogP contribution in [0, 0.1) is 24.5 Å². The van der Waals surface area contributed by atoms with E-state index in [0.29, 0.717) is 43.1 Å². The summed E-state index contributed by atoms with van der Waals surface area (Å²) in [5, 5.41) is 27.7. The van der Waals surface area contributed by atoms with Crippen LogP contribution in [0.1, 0.15) is 76.9 Å². The normalized spacial score (nSPS) is 17.8. The Bertz CT molecular complexity index is 1440. The number of carbonyl (C=O) groups excluding carboxylic acids is 2. The second-order valence-electron chi connectivity index (χ2n) is 12.2. The largest absolute Gasteiger partial charge is 0.508 e. The first-order valence-electron chi connectivity index (χ1n) is 15.9. The number of nitrogens with zero attached hydrogens (tertiary/aromatic N) is 1. The van der Waals surface area contributed by atoms with E-state index < -0.39 is 29.7 Å². The highest BCUT2D eigenvalue weighted by atomic mass is 19.1. The molecule has 1 aliphatic heterocycles. The average molecular weight is 622 g/mol. The van der Waals surface area contributed by atoms with Gasteiger partial charge in [-0.25, -0.2) is 8.78 Å². The maximum absolute atomic E-state index is 14.1. The van der Waals surface area contributed by atoms with Gasteiger partial charge < -0.3 is 25.7 Å². The van der Waals surface area contributed by atoms with Crippen molar-refractivity contribution in [2.45, 2.75) is 77.5 Å².